The fourth-order valence-corrected chi connectivity index (χ4v) is 2.55. The van der Waals surface area contributed by atoms with Crippen LogP contribution in [-0.2, 0) is 4.79 Å². The molecule has 1 aliphatic rings. The monoisotopic (exact) mass is 282 g/mol. The average Bonchev–Trinajstić information content (AvgIpc) is 2.83. The number of halogens is 1. The van der Waals surface area contributed by atoms with Crippen molar-refractivity contribution >= 4 is 24.0 Å². The Morgan fingerprint density at radius 1 is 1.47 bits per heavy atom. The molecule has 1 aromatic rings. The number of rotatable bonds is 4. The van der Waals surface area contributed by atoms with Gasteiger partial charge >= 0.3 is 0 Å². The Hall–Kier alpha value is -1.06. The molecule has 0 radical (unpaired) electrons. The number of benzene rings is 1. The fourth-order valence-electron chi connectivity index (χ4n) is 2.55. The number of hydrogen-bond donors (Lipinski definition) is 1. The quantitative estimate of drug-likeness (QED) is 0.921. The van der Waals surface area contributed by atoms with E-state index < -0.39 is 0 Å². The predicted molar refractivity (Wildman–Crippen MR) is 82.1 cm³/mol. The van der Waals surface area contributed by atoms with Gasteiger partial charge in [0.1, 0.15) is 0 Å². The molecule has 2 rings (SSSR count). The molecule has 1 amide bonds. The van der Waals surface area contributed by atoms with Crippen LogP contribution < -0.4 is 10.2 Å². The van der Waals surface area contributed by atoms with Gasteiger partial charge in [-0.25, -0.2) is 0 Å². The van der Waals surface area contributed by atoms with E-state index in [1.165, 1.54) is 12.0 Å². The topological polar surface area (TPSA) is 32.3 Å². The maximum atomic E-state index is 12.3. The highest BCUT2D eigenvalue weighted by molar-refractivity contribution is 5.93. The first kappa shape index (κ1) is 16.0. The van der Waals surface area contributed by atoms with Crippen molar-refractivity contribution in [3.63, 3.8) is 0 Å². The van der Waals surface area contributed by atoms with Crippen LogP contribution in [0.25, 0.3) is 0 Å². The van der Waals surface area contributed by atoms with Gasteiger partial charge in [-0.1, -0.05) is 12.1 Å². The molecule has 1 aliphatic heterocycles. The van der Waals surface area contributed by atoms with E-state index in [1.54, 1.807) is 0 Å². The first-order valence-electron chi connectivity index (χ1n) is 6.81. The molecule has 0 spiro atoms. The molecule has 106 valence electrons. The highest BCUT2D eigenvalue weighted by atomic mass is 35.5. The van der Waals surface area contributed by atoms with Crippen LogP contribution in [-0.4, -0.2) is 25.0 Å². The van der Waals surface area contributed by atoms with E-state index in [9.17, 15) is 4.79 Å². The Labute approximate surface area is 121 Å². The SMILES string of the molecule is CCN(C(=O)CC1CCCN1)c1cccc(C)c1.Cl. The van der Waals surface area contributed by atoms with Gasteiger partial charge in [-0.2, -0.15) is 0 Å². The zero-order chi connectivity index (χ0) is 13.0. The zero-order valence-electron chi connectivity index (χ0n) is 11.7. The lowest BCUT2D eigenvalue weighted by Crippen LogP contribution is -2.35. The molecule has 0 saturated carbocycles. The summed E-state index contributed by atoms with van der Waals surface area (Å²) in [6.07, 6.45) is 2.92. The van der Waals surface area contributed by atoms with Crippen LogP contribution in [0.5, 0.6) is 0 Å². The summed E-state index contributed by atoms with van der Waals surface area (Å²) in [7, 11) is 0. The van der Waals surface area contributed by atoms with Crippen molar-refractivity contribution in [1.29, 1.82) is 0 Å². The van der Waals surface area contributed by atoms with E-state index in [1.807, 2.05) is 24.0 Å². The Bertz CT molecular complexity index is 416. The summed E-state index contributed by atoms with van der Waals surface area (Å²) in [5.41, 5.74) is 2.21. The molecule has 1 N–H and O–H groups in total. The standard InChI is InChI=1S/C15H22N2O.ClH/c1-3-17(14-8-4-6-12(2)10-14)15(18)11-13-7-5-9-16-13;/h4,6,8,10,13,16H,3,5,7,9,11H2,1-2H3;1H. The normalized spacial score (nSPS) is 17.9. The van der Waals surface area contributed by atoms with Gasteiger partial charge in [0.15, 0.2) is 0 Å². The van der Waals surface area contributed by atoms with Crippen molar-refractivity contribution in [2.45, 2.75) is 39.2 Å². The summed E-state index contributed by atoms with van der Waals surface area (Å²) >= 11 is 0. The molecule has 0 aliphatic carbocycles. The van der Waals surface area contributed by atoms with Crippen LogP contribution in [0.2, 0.25) is 0 Å². The average molecular weight is 283 g/mol. The number of amides is 1. The van der Waals surface area contributed by atoms with Crippen LogP contribution in [0.3, 0.4) is 0 Å². The molecule has 1 unspecified atom stereocenters. The smallest absolute Gasteiger partial charge is 0.228 e. The summed E-state index contributed by atoms with van der Waals surface area (Å²) < 4.78 is 0. The van der Waals surface area contributed by atoms with Crippen molar-refractivity contribution in [1.82, 2.24) is 5.32 Å². The van der Waals surface area contributed by atoms with Crippen LogP contribution in [0, 0.1) is 6.92 Å². The zero-order valence-corrected chi connectivity index (χ0v) is 12.5. The summed E-state index contributed by atoms with van der Waals surface area (Å²) in [6, 6.07) is 8.52. The summed E-state index contributed by atoms with van der Waals surface area (Å²) in [4.78, 5) is 14.2. The lowest BCUT2D eigenvalue weighted by molar-refractivity contribution is -0.119. The third-order valence-corrected chi connectivity index (χ3v) is 3.51. The second kappa shape index (κ2) is 7.51. The van der Waals surface area contributed by atoms with Gasteiger partial charge in [0, 0.05) is 24.7 Å². The maximum absolute atomic E-state index is 12.3. The number of nitrogens with zero attached hydrogens (tertiary/aromatic N) is 1. The van der Waals surface area contributed by atoms with E-state index >= 15 is 0 Å². The van der Waals surface area contributed by atoms with Crippen molar-refractivity contribution in [2.75, 3.05) is 18.0 Å². The number of aryl methyl sites for hydroxylation is 1. The summed E-state index contributed by atoms with van der Waals surface area (Å²) in [5.74, 6) is 0.225. The van der Waals surface area contributed by atoms with Gasteiger partial charge in [-0.15, -0.1) is 12.4 Å². The minimum Gasteiger partial charge on any atom is -0.313 e. The molecule has 1 fully saturated rings. The van der Waals surface area contributed by atoms with E-state index in [0.717, 1.165) is 25.2 Å². The van der Waals surface area contributed by atoms with Gasteiger partial charge in [0.25, 0.3) is 0 Å². The Kier molecular flexibility index (Phi) is 6.32. The van der Waals surface area contributed by atoms with E-state index in [2.05, 4.69) is 24.4 Å². The molecule has 3 nitrogen and oxygen atoms in total. The second-order valence-electron chi connectivity index (χ2n) is 4.97. The van der Waals surface area contributed by atoms with Crippen molar-refractivity contribution in [3.8, 4) is 0 Å². The van der Waals surface area contributed by atoms with Crippen LogP contribution >= 0.6 is 12.4 Å². The molecular formula is C15H23ClN2O. The van der Waals surface area contributed by atoms with Crippen LogP contribution in [0.15, 0.2) is 24.3 Å². The highest BCUT2D eigenvalue weighted by Gasteiger charge is 2.21. The third kappa shape index (κ3) is 4.22. The van der Waals surface area contributed by atoms with Gasteiger partial charge in [-0.3, -0.25) is 4.79 Å². The molecular weight excluding hydrogens is 260 g/mol. The molecule has 19 heavy (non-hydrogen) atoms. The Morgan fingerprint density at radius 3 is 2.84 bits per heavy atom. The fraction of sp³-hybridized carbons (Fsp3) is 0.533. The number of hydrogen-bond acceptors (Lipinski definition) is 2. The van der Waals surface area contributed by atoms with Crippen LogP contribution in [0.4, 0.5) is 5.69 Å². The molecule has 0 bridgehead atoms. The van der Waals surface area contributed by atoms with Crippen LogP contribution in [0.1, 0.15) is 31.7 Å². The number of anilines is 1. The molecule has 4 heteroatoms. The van der Waals surface area contributed by atoms with Crippen molar-refractivity contribution in [2.24, 2.45) is 0 Å². The van der Waals surface area contributed by atoms with Crippen molar-refractivity contribution in [3.05, 3.63) is 29.8 Å². The summed E-state index contributed by atoms with van der Waals surface area (Å²) in [5, 5.41) is 3.38. The highest BCUT2D eigenvalue weighted by Crippen LogP contribution is 2.18. The minimum atomic E-state index is 0. The van der Waals surface area contributed by atoms with Gasteiger partial charge in [0.05, 0.1) is 0 Å². The molecule has 1 heterocycles. The molecule has 1 saturated heterocycles. The first-order valence-corrected chi connectivity index (χ1v) is 6.81. The lowest BCUT2D eigenvalue weighted by atomic mass is 10.1. The van der Waals surface area contributed by atoms with E-state index in [-0.39, 0.29) is 18.3 Å². The Balaban J connectivity index is 0.00000180. The van der Waals surface area contributed by atoms with Gasteiger partial charge in [0.2, 0.25) is 5.91 Å². The molecule has 1 aromatic carbocycles. The second-order valence-corrected chi connectivity index (χ2v) is 4.97. The molecule has 0 aromatic heterocycles. The minimum absolute atomic E-state index is 0. The number of carbonyl (C=O) groups excluding carboxylic acids is 1. The summed E-state index contributed by atoms with van der Waals surface area (Å²) in [6.45, 7) is 5.87. The third-order valence-electron chi connectivity index (χ3n) is 3.51. The first-order chi connectivity index (χ1) is 8.70. The van der Waals surface area contributed by atoms with E-state index in [0.29, 0.717) is 12.5 Å². The van der Waals surface area contributed by atoms with Crippen molar-refractivity contribution < 1.29 is 4.79 Å². The molecule has 1 atom stereocenters. The number of nitrogens with one attached hydrogen (secondary N) is 1. The number of carbonyl (C=O) groups is 1. The largest absolute Gasteiger partial charge is 0.313 e. The maximum Gasteiger partial charge on any atom is 0.228 e. The van der Waals surface area contributed by atoms with E-state index in [4.69, 9.17) is 0 Å². The Morgan fingerprint density at radius 2 is 2.26 bits per heavy atom. The van der Waals surface area contributed by atoms with Gasteiger partial charge < -0.3 is 10.2 Å². The lowest BCUT2D eigenvalue weighted by Gasteiger charge is -2.23. The van der Waals surface area contributed by atoms with Gasteiger partial charge in [-0.05, 0) is 50.9 Å². The predicted octanol–water partition coefficient (Wildman–Crippen LogP) is 2.91.